The van der Waals surface area contributed by atoms with E-state index >= 15 is 0 Å². The predicted molar refractivity (Wildman–Crippen MR) is 82.5 cm³/mol. The van der Waals surface area contributed by atoms with E-state index in [1.807, 2.05) is 16.8 Å². The monoisotopic (exact) mass is 341 g/mol. The molecule has 2 aromatic heterocycles. The zero-order chi connectivity index (χ0) is 13.7. The number of hydrogen-bond acceptors (Lipinski definition) is 5. The molecule has 0 aromatic carbocycles. The van der Waals surface area contributed by atoms with Crippen LogP contribution in [0.25, 0.3) is 11.4 Å². The molecule has 0 atom stereocenters. The number of halogens is 1. The Balaban J connectivity index is 2.41. The highest BCUT2D eigenvalue weighted by Gasteiger charge is 2.13. The van der Waals surface area contributed by atoms with Crippen molar-refractivity contribution in [2.75, 3.05) is 19.0 Å². The molecule has 0 amide bonds. The summed E-state index contributed by atoms with van der Waals surface area (Å²) in [5.41, 5.74) is 1.90. The summed E-state index contributed by atoms with van der Waals surface area (Å²) in [6.45, 7) is 3.46. The first-order chi connectivity index (χ1) is 9.26. The van der Waals surface area contributed by atoms with E-state index in [-0.39, 0.29) is 0 Å². The maximum atomic E-state index is 5.20. The van der Waals surface area contributed by atoms with Crippen LogP contribution in [0.5, 0.6) is 0 Å². The van der Waals surface area contributed by atoms with Crippen LogP contribution in [0, 0.1) is 0 Å². The van der Waals surface area contributed by atoms with Gasteiger partial charge in [0, 0.05) is 24.6 Å². The maximum Gasteiger partial charge on any atom is 0.162 e. The third kappa shape index (κ3) is 3.52. The Kier molecular flexibility index (Phi) is 5.30. The summed E-state index contributed by atoms with van der Waals surface area (Å²) in [6, 6.07) is 2.02. The normalized spacial score (nSPS) is 10.7. The molecule has 0 bridgehead atoms. The fourth-order valence-electron chi connectivity index (χ4n) is 1.61. The number of rotatable bonds is 6. The van der Waals surface area contributed by atoms with Gasteiger partial charge >= 0.3 is 0 Å². The van der Waals surface area contributed by atoms with Gasteiger partial charge in [-0.25, -0.2) is 9.97 Å². The van der Waals surface area contributed by atoms with Crippen molar-refractivity contribution in [3.63, 3.8) is 0 Å². The molecule has 0 aliphatic heterocycles. The van der Waals surface area contributed by atoms with E-state index < -0.39 is 0 Å². The van der Waals surface area contributed by atoms with Crippen molar-refractivity contribution >= 4 is 33.1 Å². The minimum absolute atomic E-state index is 0.459. The van der Waals surface area contributed by atoms with Gasteiger partial charge in [0.05, 0.1) is 16.8 Å². The van der Waals surface area contributed by atoms with Gasteiger partial charge in [-0.15, -0.1) is 0 Å². The zero-order valence-electron chi connectivity index (χ0n) is 10.9. The minimum Gasteiger partial charge on any atom is -0.378 e. The molecule has 0 fully saturated rings. The van der Waals surface area contributed by atoms with Gasteiger partial charge in [0.25, 0.3) is 0 Å². The summed E-state index contributed by atoms with van der Waals surface area (Å²) in [7, 11) is 1.66. The molecule has 2 rings (SSSR count). The van der Waals surface area contributed by atoms with Crippen LogP contribution < -0.4 is 5.32 Å². The molecule has 0 radical (unpaired) electrons. The van der Waals surface area contributed by atoms with Crippen LogP contribution in [0.4, 0.5) is 5.82 Å². The molecule has 102 valence electrons. The Morgan fingerprint density at radius 3 is 2.89 bits per heavy atom. The van der Waals surface area contributed by atoms with E-state index in [1.165, 1.54) is 0 Å². The van der Waals surface area contributed by atoms with Gasteiger partial charge in [0.2, 0.25) is 0 Å². The number of methoxy groups -OCH3 is 1. The third-order valence-electron chi connectivity index (χ3n) is 2.52. The highest BCUT2D eigenvalue weighted by molar-refractivity contribution is 9.10. The number of aromatic nitrogens is 2. The van der Waals surface area contributed by atoms with Crippen molar-refractivity contribution in [2.24, 2.45) is 0 Å². The second-order valence-electron chi connectivity index (χ2n) is 4.03. The fourth-order valence-corrected chi connectivity index (χ4v) is 2.67. The van der Waals surface area contributed by atoms with Gasteiger partial charge in [0.15, 0.2) is 5.82 Å². The second-order valence-corrected chi connectivity index (χ2v) is 5.60. The molecular formula is C13H16BrN3OS. The molecule has 0 spiro atoms. The summed E-state index contributed by atoms with van der Waals surface area (Å²) in [5.74, 6) is 1.56. The van der Waals surface area contributed by atoms with Gasteiger partial charge in [-0.1, -0.05) is 6.92 Å². The number of nitrogens with one attached hydrogen (secondary N) is 1. The molecule has 19 heavy (non-hydrogen) atoms. The average molecular weight is 342 g/mol. The lowest BCUT2D eigenvalue weighted by Gasteiger charge is -2.11. The first kappa shape index (κ1) is 14.4. The molecule has 2 heterocycles. The molecule has 0 saturated carbocycles. The smallest absolute Gasteiger partial charge is 0.162 e. The highest BCUT2D eigenvalue weighted by atomic mass is 79.9. The standard InChI is InChI=1S/C13H16BrN3OS/c1-3-5-15-13-11(14)10(7-18-2)16-12(17-13)9-4-6-19-8-9/h4,6,8H,3,5,7H2,1-2H3,(H,15,16,17). The van der Waals surface area contributed by atoms with Crippen molar-refractivity contribution in [1.82, 2.24) is 9.97 Å². The van der Waals surface area contributed by atoms with E-state index in [4.69, 9.17) is 4.74 Å². The van der Waals surface area contributed by atoms with Crippen LogP contribution in [-0.2, 0) is 11.3 Å². The molecule has 1 N–H and O–H groups in total. The Morgan fingerprint density at radius 1 is 1.42 bits per heavy atom. The largest absolute Gasteiger partial charge is 0.378 e. The number of nitrogens with zero attached hydrogens (tertiary/aromatic N) is 2. The SMILES string of the molecule is CCCNc1nc(-c2ccsc2)nc(COC)c1Br. The number of thiophene rings is 1. The topological polar surface area (TPSA) is 47.0 Å². The van der Waals surface area contributed by atoms with Gasteiger partial charge in [-0.3, -0.25) is 0 Å². The van der Waals surface area contributed by atoms with Crippen LogP contribution >= 0.6 is 27.3 Å². The average Bonchev–Trinajstić information content (AvgIpc) is 2.94. The van der Waals surface area contributed by atoms with E-state index in [0.29, 0.717) is 6.61 Å². The first-order valence-corrected chi connectivity index (χ1v) is 7.81. The van der Waals surface area contributed by atoms with Crippen molar-refractivity contribution < 1.29 is 4.74 Å². The van der Waals surface area contributed by atoms with E-state index in [2.05, 4.69) is 38.1 Å². The Labute approximate surface area is 125 Å². The Hall–Kier alpha value is -0.980. The van der Waals surface area contributed by atoms with E-state index in [0.717, 1.165) is 40.3 Å². The molecule has 4 nitrogen and oxygen atoms in total. The maximum absolute atomic E-state index is 5.20. The number of hydrogen-bond donors (Lipinski definition) is 1. The third-order valence-corrected chi connectivity index (χ3v) is 4.04. The van der Waals surface area contributed by atoms with Gasteiger partial charge in [-0.05, 0) is 33.8 Å². The van der Waals surface area contributed by atoms with Crippen molar-refractivity contribution in [2.45, 2.75) is 20.0 Å². The molecular weight excluding hydrogens is 326 g/mol. The molecule has 2 aromatic rings. The number of anilines is 1. The first-order valence-electron chi connectivity index (χ1n) is 6.08. The van der Waals surface area contributed by atoms with E-state index in [1.54, 1.807) is 18.4 Å². The van der Waals surface area contributed by atoms with Crippen LogP contribution in [-0.4, -0.2) is 23.6 Å². The summed E-state index contributed by atoms with van der Waals surface area (Å²) in [5, 5.41) is 7.38. The zero-order valence-corrected chi connectivity index (χ0v) is 13.3. The lowest BCUT2D eigenvalue weighted by Crippen LogP contribution is -2.07. The van der Waals surface area contributed by atoms with Crippen LogP contribution in [0.15, 0.2) is 21.3 Å². The molecule has 0 aliphatic carbocycles. The van der Waals surface area contributed by atoms with Crippen LogP contribution in [0.2, 0.25) is 0 Å². The Morgan fingerprint density at radius 2 is 2.26 bits per heavy atom. The lowest BCUT2D eigenvalue weighted by atomic mass is 10.3. The van der Waals surface area contributed by atoms with Gasteiger partial charge in [0.1, 0.15) is 5.82 Å². The summed E-state index contributed by atoms with van der Waals surface area (Å²) in [4.78, 5) is 9.13. The summed E-state index contributed by atoms with van der Waals surface area (Å²) in [6.07, 6.45) is 1.05. The second kappa shape index (κ2) is 6.98. The quantitative estimate of drug-likeness (QED) is 0.864. The van der Waals surface area contributed by atoms with Gasteiger partial charge in [-0.2, -0.15) is 11.3 Å². The van der Waals surface area contributed by atoms with Crippen LogP contribution in [0.3, 0.4) is 0 Å². The Bertz CT molecular complexity index is 531. The van der Waals surface area contributed by atoms with Crippen molar-refractivity contribution in [1.29, 1.82) is 0 Å². The summed E-state index contributed by atoms with van der Waals surface area (Å²) >= 11 is 5.18. The molecule has 0 saturated heterocycles. The van der Waals surface area contributed by atoms with E-state index in [9.17, 15) is 0 Å². The van der Waals surface area contributed by atoms with Crippen molar-refractivity contribution in [3.05, 3.63) is 27.0 Å². The van der Waals surface area contributed by atoms with Gasteiger partial charge < -0.3 is 10.1 Å². The summed E-state index contributed by atoms with van der Waals surface area (Å²) < 4.78 is 6.07. The van der Waals surface area contributed by atoms with Crippen molar-refractivity contribution in [3.8, 4) is 11.4 Å². The molecule has 0 aliphatic rings. The lowest BCUT2D eigenvalue weighted by molar-refractivity contribution is 0.181. The number of ether oxygens (including phenoxy) is 1. The highest BCUT2D eigenvalue weighted by Crippen LogP contribution is 2.28. The minimum atomic E-state index is 0.459. The fraction of sp³-hybridized carbons (Fsp3) is 0.385. The predicted octanol–water partition coefficient (Wildman–Crippen LogP) is 3.94. The molecule has 6 heteroatoms. The van der Waals surface area contributed by atoms with Crippen LogP contribution in [0.1, 0.15) is 19.0 Å². The molecule has 0 unspecified atom stereocenters.